The molecule has 0 unspecified atom stereocenters. The van der Waals surface area contributed by atoms with Gasteiger partial charge in [-0.1, -0.05) is 37.3 Å². The van der Waals surface area contributed by atoms with E-state index in [1.807, 2.05) is 6.92 Å². The number of rotatable bonds is 5. The highest BCUT2D eigenvalue weighted by Crippen LogP contribution is 2.15. The zero-order chi connectivity index (χ0) is 15.5. The van der Waals surface area contributed by atoms with Crippen LogP contribution in [0, 0.1) is 5.82 Å². The summed E-state index contributed by atoms with van der Waals surface area (Å²) in [6.45, 7) is 1.99. The van der Waals surface area contributed by atoms with Gasteiger partial charge in [-0.15, -0.1) is 0 Å². The van der Waals surface area contributed by atoms with Crippen molar-refractivity contribution in [1.29, 1.82) is 0 Å². The second-order valence-corrected chi connectivity index (χ2v) is 6.68. The van der Waals surface area contributed by atoms with Crippen molar-refractivity contribution in [2.75, 3.05) is 5.75 Å². The third kappa shape index (κ3) is 3.76. The van der Waals surface area contributed by atoms with E-state index in [0.717, 1.165) is 24.1 Å². The SMILES string of the molecule is CCc1ccc(C(=O)CS(=O)(=O)c2cccc(F)c2)cc1. The third-order valence-corrected chi connectivity index (χ3v) is 4.77. The Labute approximate surface area is 123 Å². The van der Waals surface area contributed by atoms with Gasteiger partial charge in [-0.05, 0) is 30.2 Å². The number of carbonyl (C=O) groups excluding carboxylic acids is 1. The Hall–Kier alpha value is -2.01. The van der Waals surface area contributed by atoms with Crippen molar-refractivity contribution in [1.82, 2.24) is 0 Å². The molecular weight excluding hydrogens is 291 g/mol. The van der Waals surface area contributed by atoms with Crippen LogP contribution in [0.4, 0.5) is 4.39 Å². The second-order valence-electron chi connectivity index (χ2n) is 4.69. The number of benzene rings is 2. The monoisotopic (exact) mass is 306 g/mol. The molecule has 0 bridgehead atoms. The summed E-state index contributed by atoms with van der Waals surface area (Å²) >= 11 is 0. The van der Waals surface area contributed by atoms with E-state index in [1.54, 1.807) is 24.3 Å². The summed E-state index contributed by atoms with van der Waals surface area (Å²) in [4.78, 5) is 11.9. The topological polar surface area (TPSA) is 51.2 Å². The Morgan fingerprint density at radius 2 is 1.76 bits per heavy atom. The predicted octanol–water partition coefficient (Wildman–Crippen LogP) is 3.04. The van der Waals surface area contributed by atoms with Crippen LogP contribution < -0.4 is 0 Å². The van der Waals surface area contributed by atoms with Crippen molar-refractivity contribution in [2.45, 2.75) is 18.2 Å². The molecular formula is C16H15FO3S. The van der Waals surface area contributed by atoms with Crippen LogP contribution in [0.2, 0.25) is 0 Å². The van der Waals surface area contributed by atoms with Crippen molar-refractivity contribution in [3.8, 4) is 0 Å². The Balaban J connectivity index is 2.21. The fraction of sp³-hybridized carbons (Fsp3) is 0.188. The zero-order valence-corrected chi connectivity index (χ0v) is 12.4. The maximum absolute atomic E-state index is 13.1. The summed E-state index contributed by atoms with van der Waals surface area (Å²) in [5.41, 5.74) is 1.41. The van der Waals surface area contributed by atoms with Gasteiger partial charge < -0.3 is 0 Å². The molecule has 5 heteroatoms. The first-order valence-corrected chi connectivity index (χ1v) is 8.18. The lowest BCUT2D eigenvalue weighted by molar-refractivity contribution is 0.102. The number of sulfone groups is 1. The van der Waals surface area contributed by atoms with Crippen LogP contribution in [-0.4, -0.2) is 20.0 Å². The number of ketones is 1. The van der Waals surface area contributed by atoms with E-state index in [9.17, 15) is 17.6 Å². The highest BCUT2D eigenvalue weighted by atomic mass is 32.2. The van der Waals surface area contributed by atoms with Gasteiger partial charge in [0.2, 0.25) is 0 Å². The number of aryl methyl sites for hydroxylation is 1. The molecule has 0 aliphatic rings. The van der Waals surface area contributed by atoms with Crippen LogP contribution in [0.3, 0.4) is 0 Å². The molecule has 21 heavy (non-hydrogen) atoms. The molecule has 3 nitrogen and oxygen atoms in total. The zero-order valence-electron chi connectivity index (χ0n) is 11.5. The van der Waals surface area contributed by atoms with Gasteiger partial charge in [0.25, 0.3) is 0 Å². The maximum Gasteiger partial charge on any atom is 0.185 e. The summed E-state index contributed by atoms with van der Waals surface area (Å²) < 4.78 is 37.3. The van der Waals surface area contributed by atoms with Gasteiger partial charge in [0.05, 0.1) is 4.90 Å². The molecule has 0 atom stereocenters. The maximum atomic E-state index is 13.1. The molecule has 0 aliphatic carbocycles. The smallest absolute Gasteiger partial charge is 0.185 e. The van der Waals surface area contributed by atoms with Crippen LogP contribution in [0.25, 0.3) is 0 Å². The van der Waals surface area contributed by atoms with E-state index in [-0.39, 0.29) is 4.90 Å². The molecule has 2 rings (SSSR count). The van der Waals surface area contributed by atoms with Crippen LogP contribution >= 0.6 is 0 Å². The van der Waals surface area contributed by atoms with E-state index < -0.39 is 27.2 Å². The Morgan fingerprint density at radius 3 is 2.33 bits per heavy atom. The number of hydrogen-bond acceptors (Lipinski definition) is 3. The molecule has 110 valence electrons. The van der Waals surface area contributed by atoms with E-state index in [4.69, 9.17) is 0 Å². The molecule has 0 aromatic heterocycles. The summed E-state index contributed by atoms with van der Waals surface area (Å²) in [6.07, 6.45) is 0.843. The molecule has 0 saturated carbocycles. The Bertz CT molecular complexity index is 749. The molecule has 0 saturated heterocycles. The van der Waals surface area contributed by atoms with Gasteiger partial charge in [-0.25, -0.2) is 12.8 Å². The van der Waals surface area contributed by atoms with Gasteiger partial charge in [-0.2, -0.15) is 0 Å². The molecule has 0 N–H and O–H groups in total. The van der Waals surface area contributed by atoms with Gasteiger partial charge in [0.15, 0.2) is 15.6 Å². The Kier molecular flexibility index (Phi) is 4.53. The lowest BCUT2D eigenvalue weighted by atomic mass is 10.1. The largest absolute Gasteiger partial charge is 0.293 e. The van der Waals surface area contributed by atoms with E-state index in [2.05, 4.69) is 0 Å². The molecule has 2 aromatic rings. The Morgan fingerprint density at radius 1 is 1.10 bits per heavy atom. The minimum absolute atomic E-state index is 0.180. The summed E-state index contributed by atoms with van der Waals surface area (Å²) in [6, 6.07) is 11.5. The first kappa shape index (κ1) is 15.4. The van der Waals surface area contributed by atoms with Gasteiger partial charge in [-0.3, -0.25) is 4.79 Å². The number of carbonyl (C=O) groups is 1. The van der Waals surface area contributed by atoms with Gasteiger partial charge in [0, 0.05) is 5.56 Å². The van der Waals surface area contributed by atoms with Crippen molar-refractivity contribution in [2.24, 2.45) is 0 Å². The fourth-order valence-corrected chi connectivity index (χ4v) is 3.18. The summed E-state index contributed by atoms with van der Waals surface area (Å²) in [5, 5.41) is 0. The van der Waals surface area contributed by atoms with Crippen LogP contribution in [0.1, 0.15) is 22.8 Å². The first-order chi connectivity index (χ1) is 9.92. The molecule has 0 radical (unpaired) electrons. The van der Waals surface area contributed by atoms with Crippen molar-refractivity contribution < 1.29 is 17.6 Å². The molecule has 0 spiro atoms. The second kappa shape index (κ2) is 6.18. The summed E-state index contributed by atoms with van der Waals surface area (Å²) in [7, 11) is -3.84. The first-order valence-electron chi connectivity index (χ1n) is 6.53. The van der Waals surface area contributed by atoms with Crippen LogP contribution in [0.5, 0.6) is 0 Å². The standard InChI is InChI=1S/C16H15FO3S/c1-2-12-6-8-13(9-7-12)16(18)11-21(19,20)15-5-3-4-14(17)10-15/h3-10H,2,11H2,1H3. The normalized spacial score (nSPS) is 11.3. The predicted molar refractivity (Wildman–Crippen MR) is 78.6 cm³/mol. The number of hydrogen-bond donors (Lipinski definition) is 0. The molecule has 0 fully saturated rings. The van der Waals surface area contributed by atoms with E-state index in [0.29, 0.717) is 5.56 Å². The quantitative estimate of drug-likeness (QED) is 0.798. The van der Waals surface area contributed by atoms with Crippen molar-refractivity contribution >= 4 is 15.6 Å². The molecule has 0 heterocycles. The summed E-state index contributed by atoms with van der Waals surface area (Å²) in [5.74, 6) is -1.81. The number of Topliss-reactive ketones (excluding diaryl/α,β-unsaturated/α-hetero) is 1. The average molecular weight is 306 g/mol. The molecule has 2 aromatic carbocycles. The lowest BCUT2D eigenvalue weighted by Gasteiger charge is -2.05. The van der Waals surface area contributed by atoms with Crippen LogP contribution in [-0.2, 0) is 16.3 Å². The van der Waals surface area contributed by atoms with Gasteiger partial charge >= 0.3 is 0 Å². The highest BCUT2D eigenvalue weighted by Gasteiger charge is 2.20. The van der Waals surface area contributed by atoms with Crippen LogP contribution in [0.15, 0.2) is 53.4 Å². The lowest BCUT2D eigenvalue weighted by Crippen LogP contribution is -2.16. The third-order valence-electron chi connectivity index (χ3n) is 3.16. The van der Waals surface area contributed by atoms with Crippen molar-refractivity contribution in [3.63, 3.8) is 0 Å². The van der Waals surface area contributed by atoms with Crippen molar-refractivity contribution in [3.05, 3.63) is 65.5 Å². The highest BCUT2D eigenvalue weighted by molar-refractivity contribution is 7.92. The molecule has 0 amide bonds. The fourth-order valence-electron chi connectivity index (χ4n) is 1.93. The number of halogens is 1. The minimum atomic E-state index is -3.84. The van der Waals surface area contributed by atoms with Gasteiger partial charge in [0.1, 0.15) is 11.6 Å². The van der Waals surface area contributed by atoms with E-state index >= 15 is 0 Å². The minimum Gasteiger partial charge on any atom is -0.293 e. The van der Waals surface area contributed by atoms with E-state index in [1.165, 1.54) is 12.1 Å². The molecule has 0 aliphatic heterocycles. The average Bonchev–Trinajstić information content (AvgIpc) is 2.47.